The predicted octanol–water partition coefficient (Wildman–Crippen LogP) is 12.7. The lowest BCUT2D eigenvalue weighted by Gasteiger charge is -2.24. The Bertz CT molecular complexity index is 1380. The molecule has 0 aliphatic carbocycles. The van der Waals surface area contributed by atoms with E-state index in [-0.39, 0.29) is 18.1 Å². The molecule has 0 saturated carbocycles. The molecule has 58 heavy (non-hydrogen) atoms. The van der Waals surface area contributed by atoms with Crippen LogP contribution < -0.4 is 11.2 Å². The summed E-state index contributed by atoms with van der Waals surface area (Å²) in [5.74, 6) is 0.625. The number of hydrogen-bond acceptors (Lipinski definition) is 7. The number of ether oxygens (including phenoxy) is 2. The van der Waals surface area contributed by atoms with Crippen LogP contribution in [0.2, 0.25) is 0 Å². The molecule has 2 atom stereocenters. The zero-order valence-electron chi connectivity index (χ0n) is 37.2. The van der Waals surface area contributed by atoms with Crippen LogP contribution in [0.15, 0.2) is 82.0 Å². The lowest BCUT2D eigenvalue weighted by molar-refractivity contribution is -0.151. The normalized spacial score (nSPS) is 16.2. The van der Waals surface area contributed by atoms with E-state index in [1.54, 1.807) is 0 Å². The average molecular weight is 810 g/mol. The molecule has 1 aromatic heterocycles. The van der Waals surface area contributed by atoms with Gasteiger partial charge in [-0.05, 0) is 83.0 Å². The van der Waals surface area contributed by atoms with E-state index in [1.165, 1.54) is 178 Å². The highest BCUT2D eigenvalue weighted by Gasteiger charge is 2.39. The molecule has 1 unspecified atom stereocenters. The Balaban J connectivity index is 1.73. The largest absolute Gasteiger partial charge is 0.506 e. The molecule has 1 aliphatic heterocycles. The summed E-state index contributed by atoms with van der Waals surface area (Å²) in [5, 5.41) is 12.7. The fourth-order valence-electron chi connectivity index (χ4n) is 7.48. The Morgan fingerprint density at radius 1 is 0.724 bits per heavy atom. The molecule has 2 N–H and O–H groups in total. The van der Waals surface area contributed by atoms with Gasteiger partial charge in [-0.1, -0.05) is 152 Å². The molecule has 0 aromatic carbocycles. The zero-order chi connectivity index (χ0) is 41.9. The first-order chi connectivity index (χ1) is 28.4. The molecule has 2 heterocycles. The first kappa shape index (κ1) is 51.0. The highest BCUT2D eigenvalue weighted by atomic mass is 16.7. The van der Waals surface area contributed by atoms with Gasteiger partial charge < -0.3 is 14.6 Å². The van der Waals surface area contributed by atoms with Gasteiger partial charge in [0.25, 0.3) is 5.56 Å². The minimum absolute atomic E-state index is 0.0133. The molecule has 0 bridgehead atoms. The second-order valence-corrected chi connectivity index (χ2v) is 16.2. The van der Waals surface area contributed by atoms with Crippen molar-refractivity contribution < 1.29 is 19.4 Å². The van der Waals surface area contributed by atoms with Crippen LogP contribution in [0.5, 0.6) is 0 Å². The summed E-state index contributed by atoms with van der Waals surface area (Å²) in [6, 6.07) is 1.24. The van der Waals surface area contributed by atoms with Gasteiger partial charge in [0.2, 0.25) is 6.23 Å². The van der Waals surface area contributed by atoms with Crippen molar-refractivity contribution in [2.24, 2.45) is 5.92 Å². The van der Waals surface area contributed by atoms with Crippen molar-refractivity contribution in [3.05, 3.63) is 93.2 Å². The Kier molecular flexibility index (Phi) is 30.5. The summed E-state index contributed by atoms with van der Waals surface area (Å²) in [6.45, 7) is 5.32. The third-order valence-electron chi connectivity index (χ3n) is 11.0. The van der Waals surface area contributed by atoms with Crippen LogP contribution in [0.25, 0.3) is 0 Å². The van der Waals surface area contributed by atoms with Crippen LogP contribution in [0.1, 0.15) is 187 Å². The van der Waals surface area contributed by atoms with Gasteiger partial charge in [-0.15, -0.1) is 0 Å². The van der Waals surface area contributed by atoms with E-state index in [2.05, 4.69) is 67.4 Å². The van der Waals surface area contributed by atoms with Crippen LogP contribution in [-0.4, -0.2) is 53.1 Å². The first-order valence-corrected chi connectivity index (χ1v) is 23.3. The first-order valence-electron chi connectivity index (χ1n) is 23.3. The van der Waals surface area contributed by atoms with Gasteiger partial charge in [0, 0.05) is 33.0 Å². The fraction of sp³-hybridized carbons (Fsp3) is 0.714. The maximum Gasteiger partial charge on any atom is 0.331 e. The summed E-state index contributed by atoms with van der Waals surface area (Å²) in [6.07, 6.45) is 50.6. The van der Waals surface area contributed by atoms with Gasteiger partial charge in [0.1, 0.15) is 6.61 Å². The Morgan fingerprint density at radius 3 is 1.66 bits per heavy atom. The van der Waals surface area contributed by atoms with Crippen LogP contribution in [0.3, 0.4) is 0 Å². The van der Waals surface area contributed by atoms with E-state index in [9.17, 15) is 14.7 Å². The molecule has 0 radical (unpaired) electrons. The van der Waals surface area contributed by atoms with Crippen molar-refractivity contribution in [1.82, 2.24) is 14.6 Å². The number of hydrogen-bond donors (Lipinski definition) is 2. The van der Waals surface area contributed by atoms with Crippen LogP contribution in [0, 0.1) is 5.92 Å². The maximum atomic E-state index is 12.4. The molecule has 1 aromatic rings. The summed E-state index contributed by atoms with van der Waals surface area (Å²) < 4.78 is 12.6. The highest BCUT2D eigenvalue weighted by Crippen LogP contribution is 2.32. The van der Waals surface area contributed by atoms with E-state index >= 15 is 0 Å². The molecule has 330 valence electrons. The number of H-pyrrole nitrogens is 1. The summed E-state index contributed by atoms with van der Waals surface area (Å²) >= 11 is 0. The van der Waals surface area contributed by atoms with Gasteiger partial charge in [0.15, 0.2) is 17.6 Å². The molecule has 2 rings (SSSR count). The highest BCUT2D eigenvalue weighted by molar-refractivity contribution is 5.14. The SMILES string of the molecule is CCCCC/C=C\C/C=C\CCCCCCCCC(CCCCCCCC/C=C\C/C=C\CCCCC)CN(C)OCC1=C(O)C(OC)[C@H](n2ccc(=O)[nH]c2=O)O1. The smallest absolute Gasteiger partial charge is 0.331 e. The Morgan fingerprint density at radius 2 is 1.19 bits per heavy atom. The van der Waals surface area contributed by atoms with Gasteiger partial charge in [-0.2, -0.15) is 5.06 Å². The van der Waals surface area contributed by atoms with Crippen molar-refractivity contribution in [3.63, 3.8) is 0 Å². The minimum Gasteiger partial charge on any atom is -0.506 e. The number of aromatic nitrogens is 2. The number of hydroxylamine groups is 2. The third kappa shape index (κ3) is 24.1. The molecular weight excluding hydrogens is 727 g/mol. The number of nitrogens with one attached hydrogen (secondary N) is 1. The maximum absolute atomic E-state index is 12.4. The van der Waals surface area contributed by atoms with Crippen molar-refractivity contribution >= 4 is 0 Å². The second kappa shape index (κ2) is 34.7. The molecule has 0 spiro atoms. The van der Waals surface area contributed by atoms with E-state index in [0.717, 1.165) is 19.4 Å². The zero-order valence-corrected chi connectivity index (χ0v) is 37.2. The lowest BCUT2D eigenvalue weighted by atomic mass is 9.94. The molecule has 0 saturated heterocycles. The lowest BCUT2D eigenvalue weighted by Crippen LogP contribution is -2.36. The van der Waals surface area contributed by atoms with E-state index in [4.69, 9.17) is 14.3 Å². The Labute approximate surface area is 352 Å². The van der Waals surface area contributed by atoms with Crippen LogP contribution in [-0.2, 0) is 14.3 Å². The Hall–Kier alpha value is -3.14. The number of unbranched alkanes of at least 4 members (excludes halogenated alkanes) is 18. The molecule has 1 aliphatic rings. The average Bonchev–Trinajstić information content (AvgIpc) is 3.53. The van der Waals surface area contributed by atoms with Crippen LogP contribution in [0.4, 0.5) is 0 Å². The van der Waals surface area contributed by atoms with Crippen LogP contribution >= 0.6 is 0 Å². The van der Waals surface area contributed by atoms with Crippen molar-refractivity contribution in [2.75, 3.05) is 27.3 Å². The van der Waals surface area contributed by atoms with Crippen molar-refractivity contribution in [2.45, 2.75) is 193 Å². The molecule has 9 heteroatoms. The number of aromatic amines is 1. The van der Waals surface area contributed by atoms with E-state index in [1.807, 2.05) is 12.1 Å². The van der Waals surface area contributed by atoms with E-state index in [0.29, 0.717) is 5.92 Å². The molecular formula is C49H83N3O6. The number of rotatable bonds is 37. The molecule has 0 amide bonds. The second-order valence-electron chi connectivity index (χ2n) is 16.2. The summed E-state index contributed by atoms with van der Waals surface area (Å²) in [5.41, 5.74) is -1.14. The molecule has 0 fully saturated rings. The predicted molar refractivity (Wildman–Crippen MR) is 242 cm³/mol. The fourth-order valence-corrected chi connectivity index (χ4v) is 7.48. The topological polar surface area (TPSA) is 106 Å². The number of aliphatic hydroxyl groups is 1. The van der Waals surface area contributed by atoms with Gasteiger partial charge in [0.05, 0.1) is 0 Å². The molecule has 9 nitrogen and oxygen atoms in total. The summed E-state index contributed by atoms with van der Waals surface area (Å²) in [7, 11) is 3.38. The third-order valence-corrected chi connectivity index (χ3v) is 11.0. The number of methoxy groups -OCH3 is 1. The van der Waals surface area contributed by atoms with Crippen molar-refractivity contribution in [1.29, 1.82) is 0 Å². The number of allylic oxidation sites excluding steroid dienone is 8. The minimum atomic E-state index is -0.946. The number of aliphatic hydroxyl groups excluding tert-OH is 1. The standard InChI is InChI=1S/C49H83N3O6/c1-5-7-9-11-13-15-17-19-21-23-25-27-29-31-33-35-37-43(38-36-34-32-30-28-26-24-22-20-18-16-14-12-10-8-6-2)41-51(3)57-42-44-46(54)47(56-4)48(58-44)52-40-39-45(53)50-49(52)55/h13-16,19-22,39-40,43,47-48,54H,5-12,17-18,23-38,41-42H2,1-4H3,(H,50,53,55)/b15-13-,16-14-,21-19-,22-20-/t47?,48-/m1/s1. The van der Waals surface area contributed by atoms with Gasteiger partial charge in [-0.25, -0.2) is 4.79 Å². The number of nitrogens with zero attached hydrogens (tertiary/aromatic N) is 2. The monoisotopic (exact) mass is 810 g/mol. The van der Waals surface area contributed by atoms with Crippen molar-refractivity contribution in [3.8, 4) is 0 Å². The van der Waals surface area contributed by atoms with E-state index < -0.39 is 23.6 Å². The van der Waals surface area contributed by atoms with Gasteiger partial charge >= 0.3 is 5.69 Å². The summed E-state index contributed by atoms with van der Waals surface area (Å²) in [4.78, 5) is 32.3. The quantitative estimate of drug-likeness (QED) is 0.0392. The van der Waals surface area contributed by atoms with Gasteiger partial charge in [-0.3, -0.25) is 19.2 Å².